The first-order chi connectivity index (χ1) is 15.3. The highest BCUT2D eigenvalue weighted by molar-refractivity contribution is 6.00. The minimum Gasteiger partial charge on any atom is -0.508 e. The molecule has 8 nitrogen and oxygen atoms in total. The van der Waals surface area contributed by atoms with Crippen molar-refractivity contribution in [2.45, 2.75) is 52.6 Å². The van der Waals surface area contributed by atoms with E-state index in [-0.39, 0.29) is 42.1 Å². The number of cyclic esters (lactones) is 1. The molecule has 0 saturated carbocycles. The number of benzene rings is 1. The summed E-state index contributed by atoms with van der Waals surface area (Å²) in [4.78, 5) is 31.8. The lowest BCUT2D eigenvalue weighted by Gasteiger charge is -2.17. The minimum absolute atomic E-state index is 0.0315. The van der Waals surface area contributed by atoms with Gasteiger partial charge >= 0.3 is 5.97 Å². The van der Waals surface area contributed by atoms with E-state index < -0.39 is 5.97 Å². The summed E-state index contributed by atoms with van der Waals surface area (Å²) in [6.07, 6.45) is 9.49. The highest BCUT2D eigenvalue weighted by Crippen LogP contribution is 2.29. The molecular formula is C24H32N2O6. The molecule has 0 unspecified atom stereocenters. The van der Waals surface area contributed by atoms with E-state index in [4.69, 9.17) is 9.57 Å². The molecule has 1 aliphatic rings. The van der Waals surface area contributed by atoms with Crippen molar-refractivity contribution in [1.29, 1.82) is 0 Å². The van der Waals surface area contributed by atoms with Gasteiger partial charge in [0.1, 0.15) is 23.2 Å². The number of phenolic OH excluding ortho intramolecular Hbond substituents is 2. The van der Waals surface area contributed by atoms with Crippen molar-refractivity contribution in [2.24, 2.45) is 5.16 Å². The Balaban J connectivity index is 2.34. The number of esters is 1. The molecule has 1 atom stereocenters. The van der Waals surface area contributed by atoms with Crippen LogP contribution in [0.2, 0.25) is 0 Å². The molecule has 0 aliphatic carbocycles. The zero-order valence-corrected chi connectivity index (χ0v) is 18.9. The van der Waals surface area contributed by atoms with Gasteiger partial charge in [-0.15, -0.1) is 0 Å². The van der Waals surface area contributed by atoms with Crippen LogP contribution in [-0.2, 0) is 20.8 Å². The second-order valence-electron chi connectivity index (χ2n) is 7.50. The van der Waals surface area contributed by atoms with Crippen LogP contribution in [0.5, 0.6) is 11.5 Å². The molecule has 0 fully saturated rings. The Hall–Kier alpha value is -3.29. The van der Waals surface area contributed by atoms with Gasteiger partial charge in [0.15, 0.2) is 6.61 Å². The van der Waals surface area contributed by atoms with Gasteiger partial charge in [-0.3, -0.25) is 4.79 Å². The molecule has 8 heteroatoms. The van der Waals surface area contributed by atoms with Crippen LogP contribution in [0.4, 0.5) is 0 Å². The quantitative estimate of drug-likeness (QED) is 0.407. The number of fused-ring (bicyclic) bond motifs is 1. The number of hydrogen-bond acceptors (Lipinski definition) is 7. The van der Waals surface area contributed by atoms with Crippen molar-refractivity contribution in [1.82, 2.24) is 4.90 Å². The molecular weight excluding hydrogens is 412 g/mol. The van der Waals surface area contributed by atoms with Crippen molar-refractivity contribution in [2.75, 3.05) is 19.7 Å². The highest BCUT2D eigenvalue weighted by atomic mass is 16.6. The number of carbonyl (C=O) groups excluding carboxylic acids is 2. The number of likely N-dealkylation sites (N-methyl/N-ethyl adjacent to an activating group) is 1. The lowest BCUT2D eigenvalue weighted by Crippen LogP contribution is -2.33. The minimum atomic E-state index is -0.684. The van der Waals surface area contributed by atoms with E-state index in [1.165, 1.54) is 6.07 Å². The lowest BCUT2D eigenvalue weighted by molar-refractivity contribution is -0.135. The van der Waals surface area contributed by atoms with E-state index in [0.717, 1.165) is 18.9 Å². The van der Waals surface area contributed by atoms with Crippen molar-refractivity contribution in [3.05, 3.63) is 47.6 Å². The normalized spacial score (nSPS) is 20.5. The zero-order valence-electron chi connectivity index (χ0n) is 18.9. The predicted molar refractivity (Wildman–Crippen MR) is 122 cm³/mol. The number of nitrogens with zero attached hydrogens (tertiary/aromatic N) is 2. The Labute approximate surface area is 188 Å². The Morgan fingerprint density at radius 3 is 2.62 bits per heavy atom. The number of phenols is 2. The van der Waals surface area contributed by atoms with Crippen LogP contribution in [0.3, 0.4) is 0 Å². The number of ether oxygens (including phenoxy) is 1. The fourth-order valence-electron chi connectivity index (χ4n) is 3.31. The number of hydrogen-bond donors (Lipinski definition) is 2. The van der Waals surface area contributed by atoms with Gasteiger partial charge in [-0.25, -0.2) is 4.79 Å². The van der Waals surface area contributed by atoms with Crippen molar-refractivity contribution in [3.8, 4) is 11.5 Å². The maximum absolute atomic E-state index is 12.7. The lowest BCUT2D eigenvalue weighted by atomic mass is 9.99. The summed E-state index contributed by atoms with van der Waals surface area (Å²) in [5.41, 5.74) is 0.746. The van der Waals surface area contributed by atoms with Gasteiger partial charge in [0.05, 0.1) is 5.71 Å². The number of rotatable bonds is 5. The largest absolute Gasteiger partial charge is 0.508 e. The van der Waals surface area contributed by atoms with Gasteiger partial charge in [0.2, 0.25) is 0 Å². The summed E-state index contributed by atoms with van der Waals surface area (Å²) in [6.45, 7) is 6.50. The number of amides is 1. The number of allylic oxidation sites excluding steroid dienone is 3. The van der Waals surface area contributed by atoms with E-state index in [1.807, 2.05) is 32.1 Å². The van der Waals surface area contributed by atoms with Crippen LogP contribution < -0.4 is 0 Å². The van der Waals surface area contributed by atoms with E-state index >= 15 is 0 Å². The molecule has 1 heterocycles. The third kappa shape index (κ3) is 7.44. The van der Waals surface area contributed by atoms with E-state index in [9.17, 15) is 19.8 Å². The van der Waals surface area contributed by atoms with E-state index in [0.29, 0.717) is 30.8 Å². The molecule has 32 heavy (non-hydrogen) atoms. The van der Waals surface area contributed by atoms with Crippen LogP contribution in [0.25, 0.3) is 0 Å². The van der Waals surface area contributed by atoms with Crippen molar-refractivity contribution < 1.29 is 29.4 Å². The van der Waals surface area contributed by atoms with Crippen LogP contribution in [0.15, 0.2) is 41.6 Å². The molecule has 1 aromatic rings. The second-order valence-corrected chi connectivity index (χ2v) is 7.50. The van der Waals surface area contributed by atoms with Gasteiger partial charge in [0, 0.05) is 32.0 Å². The molecule has 1 aliphatic heterocycles. The zero-order chi connectivity index (χ0) is 23.5. The third-order valence-electron chi connectivity index (χ3n) is 5.00. The number of aromatic hydroxyl groups is 2. The van der Waals surface area contributed by atoms with E-state index in [1.54, 1.807) is 17.9 Å². The molecule has 2 N–H and O–H groups in total. The first kappa shape index (κ1) is 25.0. The number of oxime groups is 1. The van der Waals surface area contributed by atoms with Gasteiger partial charge in [-0.1, -0.05) is 23.4 Å². The molecule has 2 rings (SSSR count). The average Bonchev–Trinajstić information content (AvgIpc) is 2.72. The SMILES string of the molecule is CCN(CC)C(=O)CON=C1/C=C/CC/C=C/C[C@@H](C)OC(=O)c2c(O)cc(O)cc2C1. The van der Waals surface area contributed by atoms with Crippen LogP contribution in [-0.4, -0.2) is 58.5 Å². The standard InChI is InChI=1S/C24H32N2O6/c1-4-26(5-2)22(29)16-31-25-19-12-10-8-6-7-9-11-17(3)32-24(30)23-18(13-19)14-20(27)15-21(23)28/h7,9-10,12,14-15,17,27-28H,4-6,8,11,13,16H2,1-3H3/b9-7+,12-10+,25-19?/t17-/m1/s1. The first-order valence-electron chi connectivity index (χ1n) is 10.9. The highest BCUT2D eigenvalue weighted by Gasteiger charge is 2.22. The second kappa shape index (κ2) is 12.5. The van der Waals surface area contributed by atoms with Crippen LogP contribution >= 0.6 is 0 Å². The Morgan fingerprint density at radius 2 is 1.91 bits per heavy atom. The van der Waals surface area contributed by atoms with Crippen LogP contribution in [0.1, 0.15) is 56.0 Å². The number of carbonyl (C=O) groups is 2. The molecule has 0 spiro atoms. The molecule has 0 bridgehead atoms. The van der Waals surface area contributed by atoms with Crippen molar-refractivity contribution >= 4 is 17.6 Å². The Kier molecular flexibility index (Phi) is 9.78. The fraction of sp³-hybridized carbons (Fsp3) is 0.458. The maximum Gasteiger partial charge on any atom is 0.342 e. The van der Waals surface area contributed by atoms with E-state index in [2.05, 4.69) is 5.16 Å². The monoisotopic (exact) mass is 444 g/mol. The molecule has 0 radical (unpaired) electrons. The maximum atomic E-state index is 12.7. The summed E-state index contributed by atoms with van der Waals surface area (Å²) >= 11 is 0. The topological polar surface area (TPSA) is 109 Å². The molecule has 0 saturated heterocycles. The molecule has 174 valence electrons. The summed E-state index contributed by atoms with van der Waals surface area (Å²) in [5.74, 6) is -1.42. The third-order valence-corrected chi connectivity index (χ3v) is 5.00. The smallest absolute Gasteiger partial charge is 0.342 e. The Bertz CT molecular complexity index is 887. The Morgan fingerprint density at radius 1 is 1.19 bits per heavy atom. The summed E-state index contributed by atoms with van der Waals surface area (Å²) in [6, 6.07) is 2.48. The molecule has 1 aromatic carbocycles. The van der Waals surface area contributed by atoms with Gasteiger partial charge in [-0.05, 0) is 51.3 Å². The molecule has 0 aromatic heterocycles. The first-order valence-corrected chi connectivity index (χ1v) is 10.9. The van der Waals surface area contributed by atoms with Gasteiger partial charge < -0.3 is 24.7 Å². The van der Waals surface area contributed by atoms with Gasteiger partial charge in [-0.2, -0.15) is 0 Å². The summed E-state index contributed by atoms with van der Waals surface area (Å²) in [7, 11) is 0. The van der Waals surface area contributed by atoms with Crippen molar-refractivity contribution in [3.63, 3.8) is 0 Å². The van der Waals surface area contributed by atoms with Crippen LogP contribution in [0, 0.1) is 0 Å². The fourth-order valence-corrected chi connectivity index (χ4v) is 3.31. The molecule has 1 amide bonds. The summed E-state index contributed by atoms with van der Waals surface area (Å²) in [5, 5.41) is 24.4. The average molecular weight is 445 g/mol. The summed E-state index contributed by atoms with van der Waals surface area (Å²) < 4.78 is 5.47. The van der Waals surface area contributed by atoms with Gasteiger partial charge in [0.25, 0.3) is 5.91 Å². The predicted octanol–water partition coefficient (Wildman–Crippen LogP) is 3.72.